The molecule has 0 amide bonds. The van der Waals surface area contributed by atoms with Crippen LogP contribution in [0.25, 0.3) is 0 Å². The summed E-state index contributed by atoms with van der Waals surface area (Å²) in [5, 5.41) is 0. The summed E-state index contributed by atoms with van der Waals surface area (Å²) >= 11 is 0. The lowest BCUT2D eigenvalue weighted by Gasteiger charge is -2.02. The average Bonchev–Trinajstić information content (AvgIpc) is 2.18. The van der Waals surface area contributed by atoms with E-state index < -0.39 is 6.17 Å². The van der Waals surface area contributed by atoms with Gasteiger partial charge in [0.25, 0.3) is 0 Å². The van der Waals surface area contributed by atoms with Crippen molar-refractivity contribution in [1.29, 1.82) is 0 Å². The van der Waals surface area contributed by atoms with Gasteiger partial charge in [-0.2, -0.15) is 0 Å². The Morgan fingerprint density at radius 3 is 3.00 bits per heavy atom. The van der Waals surface area contributed by atoms with Gasteiger partial charge in [-0.15, -0.1) is 0 Å². The zero-order valence-electron chi connectivity index (χ0n) is 8.39. The Kier molecular flexibility index (Phi) is 3.94. The summed E-state index contributed by atoms with van der Waals surface area (Å²) in [5.74, 6) is 0. The van der Waals surface area contributed by atoms with E-state index in [-0.39, 0.29) is 0 Å². The van der Waals surface area contributed by atoms with E-state index >= 15 is 0 Å². The molecular weight excluding hydrogens is 163 g/mol. The summed E-state index contributed by atoms with van der Waals surface area (Å²) in [7, 11) is 0. The van der Waals surface area contributed by atoms with Gasteiger partial charge in [-0.25, -0.2) is 4.39 Å². The topological polar surface area (TPSA) is 0 Å². The SMILES string of the molecule is CCC1=CC(F)C/C=C\C(C)=C\C1. The maximum absolute atomic E-state index is 13.2. The van der Waals surface area contributed by atoms with Gasteiger partial charge >= 0.3 is 0 Å². The second-order valence-corrected chi connectivity index (χ2v) is 3.48. The standard InChI is InChI=1S/C12H17F/c1-3-11-8-7-10(2)5-4-6-12(13)9-11/h4-5,7,9,12H,3,6,8H2,1-2H3/b5-4-,10-7+,11-9?. The molecule has 0 saturated carbocycles. The third-order valence-electron chi connectivity index (χ3n) is 2.30. The van der Waals surface area contributed by atoms with Gasteiger partial charge in [0.05, 0.1) is 0 Å². The fraction of sp³-hybridized carbons (Fsp3) is 0.500. The molecule has 0 heterocycles. The Morgan fingerprint density at radius 2 is 2.31 bits per heavy atom. The molecule has 13 heavy (non-hydrogen) atoms. The van der Waals surface area contributed by atoms with Gasteiger partial charge < -0.3 is 0 Å². The van der Waals surface area contributed by atoms with Crippen LogP contribution >= 0.6 is 0 Å². The highest BCUT2D eigenvalue weighted by atomic mass is 19.1. The highest BCUT2D eigenvalue weighted by molar-refractivity contribution is 5.22. The van der Waals surface area contributed by atoms with Crippen LogP contribution in [0.3, 0.4) is 0 Å². The molecule has 0 aromatic rings. The molecule has 0 bridgehead atoms. The molecule has 0 saturated heterocycles. The molecule has 0 nitrogen and oxygen atoms in total. The number of hydrogen-bond donors (Lipinski definition) is 0. The first-order valence-electron chi connectivity index (χ1n) is 4.89. The fourth-order valence-electron chi connectivity index (χ4n) is 1.40. The van der Waals surface area contributed by atoms with Crippen LogP contribution in [-0.4, -0.2) is 6.17 Å². The van der Waals surface area contributed by atoms with Crippen molar-refractivity contribution in [2.75, 3.05) is 0 Å². The molecule has 0 spiro atoms. The molecule has 1 rings (SSSR count). The molecule has 1 unspecified atom stereocenters. The van der Waals surface area contributed by atoms with Gasteiger partial charge in [-0.3, -0.25) is 0 Å². The van der Waals surface area contributed by atoms with Crippen molar-refractivity contribution in [1.82, 2.24) is 0 Å². The van der Waals surface area contributed by atoms with Gasteiger partial charge in [0.2, 0.25) is 0 Å². The predicted octanol–water partition coefficient (Wildman–Crippen LogP) is 3.96. The van der Waals surface area contributed by atoms with Gasteiger partial charge in [-0.05, 0) is 19.8 Å². The quantitative estimate of drug-likeness (QED) is 0.536. The van der Waals surface area contributed by atoms with Crippen molar-refractivity contribution in [2.45, 2.75) is 39.3 Å². The summed E-state index contributed by atoms with van der Waals surface area (Å²) in [6, 6.07) is 0. The lowest BCUT2D eigenvalue weighted by atomic mass is 10.1. The van der Waals surface area contributed by atoms with Crippen molar-refractivity contribution in [2.24, 2.45) is 0 Å². The summed E-state index contributed by atoms with van der Waals surface area (Å²) in [4.78, 5) is 0. The van der Waals surface area contributed by atoms with Crippen molar-refractivity contribution in [3.63, 3.8) is 0 Å². The number of allylic oxidation sites excluding steroid dienone is 6. The van der Waals surface area contributed by atoms with Crippen LogP contribution in [0.5, 0.6) is 0 Å². The van der Waals surface area contributed by atoms with Crippen LogP contribution in [0.4, 0.5) is 4.39 Å². The van der Waals surface area contributed by atoms with Gasteiger partial charge in [0, 0.05) is 6.42 Å². The summed E-state index contributed by atoms with van der Waals surface area (Å²) in [6.45, 7) is 4.13. The van der Waals surface area contributed by atoms with E-state index in [2.05, 4.69) is 19.9 Å². The first kappa shape index (κ1) is 10.2. The van der Waals surface area contributed by atoms with Crippen LogP contribution in [0, 0.1) is 0 Å². The predicted molar refractivity (Wildman–Crippen MR) is 55.4 cm³/mol. The first-order valence-corrected chi connectivity index (χ1v) is 4.89. The monoisotopic (exact) mass is 180 g/mol. The molecule has 1 aliphatic rings. The van der Waals surface area contributed by atoms with E-state index in [0.717, 1.165) is 12.8 Å². The molecule has 0 radical (unpaired) electrons. The smallest absolute Gasteiger partial charge is 0.122 e. The third kappa shape index (κ3) is 3.58. The molecule has 0 aromatic heterocycles. The Labute approximate surface area is 79.8 Å². The highest BCUT2D eigenvalue weighted by Gasteiger charge is 2.03. The second kappa shape index (κ2) is 5.00. The third-order valence-corrected chi connectivity index (χ3v) is 2.30. The van der Waals surface area contributed by atoms with Crippen molar-refractivity contribution >= 4 is 0 Å². The van der Waals surface area contributed by atoms with Crippen molar-refractivity contribution in [3.8, 4) is 0 Å². The summed E-state index contributed by atoms with van der Waals surface area (Å²) < 4.78 is 13.2. The highest BCUT2D eigenvalue weighted by Crippen LogP contribution is 2.16. The van der Waals surface area contributed by atoms with E-state index in [1.54, 1.807) is 6.08 Å². The Morgan fingerprint density at radius 1 is 1.54 bits per heavy atom. The molecule has 0 aliphatic heterocycles. The maximum atomic E-state index is 13.2. The molecule has 72 valence electrons. The minimum absolute atomic E-state index is 0.509. The van der Waals surface area contributed by atoms with Crippen LogP contribution < -0.4 is 0 Å². The lowest BCUT2D eigenvalue weighted by molar-refractivity contribution is 0.401. The number of rotatable bonds is 1. The molecular formula is C12H17F. The molecule has 0 aromatic carbocycles. The minimum atomic E-state index is -0.800. The van der Waals surface area contributed by atoms with Crippen LogP contribution in [0.1, 0.15) is 33.1 Å². The van der Waals surface area contributed by atoms with E-state index in [9.17, 15) is 4.39 Å². The van der Waals surface area contributed by atoms with Crippen LogP contribution in [0.2, 0.25) is 0 Å². The lowest BCUT2D eigenvalue weighted by Crippen LogP contribution is -1.94. The van der Waals surface area contributed by atoms with Crippen LogP contribution in [-0.2, 0) is 0 Å². The summed E-state index contributed by atoms with van der Waals surface area (Å²) in [6.07, 6.45) is 9.38. The fourth-order valence-corrected chi connectivity index (χ4v) is 1.40. The number of hydrogen-bond acceptors (Lipinski definition) is 0. The number of alkyl halides is 1. The molecule has 0 fully saturated rings. The van der Waals surface area contributed by atoms with E-state index in [1.807, 2.05) is 12.2 Å². The largest absolute Gasteiger partial charge is 0.243 e. The Hall–Kier alpha value is -0.850. The van der Waals surface area contributed by atoms with Crippen molar-refractivity contribution < 1.29 is 4.39 Å². The maximum Gasteiger partial charge on any atom is 0.122 e. The molecule has 1 atom stereocenters. The first-order chi connectivity index (χ1) is 6.22. The van der Waals surface area contributed by atoms with Gasteiger partial charge in [-0.1, -0.05) is 42.4 Å². The molecule has 1 heteroatoms. The van der Waals surface area contributed by atoms with E-state index in [0.29, 0.717) is 6.42 Å². The van der Waals surface area contributed by atoms with Crippen molar-refractivity contribution in [3.05, 3.63) is 35.5 Å². The van der Waals surface area contributed by atoms with Gasteiger partial charge in [0.15, 0.2) is 0 Å². The molecule has 1 aliphatic carbocycles. The normalized spacial score (nSPS) is 30.5. The zero-order chi connectivity index (χ0) is 9.68. The molecule has 0 N–H and O–H groups in total. The Balaban J connectivity index is 2.77. The Bertz CT molecular complexity index is 246. The summed E-state index contributed by atoms with van der Waals surface area (Å²) in [5.41, 5.74) is 2.43. The average molecular weight is 180 g/mol. The van der Waals surface area contributed by atoms with Crippen LogP contribution in [0.15, 0.2) is 35.5 Å². The number of halogens is 1. The minimum Gasteiger partial charge on any atom is -0.243 e. The van der Waals surface area contributed by atoms with E-state index in [1.165, 1.54) is 11.1 Å². The zero-order valence-corrected chi connectivity index (χ0v) is 8.39. The second-order valence-electron chi connectivity index (χ2n) is 3.48. The van der Waals surface area contributed by atoms with E-state index in [4.69, 9.17) is 0 Å². The van der Waals surface area contributed by atoms with Gasteiger partial charge in [0.1, 0.15) is 6.17 Å².